The maximum Gasteiger partial charge on any atom is 0.289 e. The van der Waals surface area contributed by atoms with Crippen molar-refractivity contribution in [3.63, 3.8) is 0 Å². The lowest BCUT2D eigenvalue weighted by Gasteiger charge is -2.07. The molecule has 132 valence electrons. The molecule has 0 atom stereocenters. The highest BCUT2D eigenvalue weighted by atomic mass is 35.5. The molecule has 0 aliphatic rings. The average molecular weight is 383 g/mol. The summed E-state index contributed by atoms with van der Waals surface area (Å²) in [7, 11) is -3.58. The Balaban J connectivity index is 2.02. The van der Waals surface area contributed by atoms with Crippen LogP contribution < -0.4 is 5.32 Å². The number of anilines is 1. The first-order chi connectivity index (χ1) is 11.7. The molecule has 0 aliphatic carbocycles. The predicted octanol–water partition coefficient (Wildman–Crippen LogP) is 3.36. The van der Waals surface area contributed by atoms with Crippen LogP contribution in [-0.4, -0.2) is 25.0 Å². The van der Waals surface area contributed by atoms with Crippen molar-refractivity contribution in [1.82, 2.24) is 0 Å². The molecule has 0 aliphatic heterocycles. The Bertz CT molecular complexity index is 911. The third-order valence-electron chi connectivity index (χ3n) is 3.40. The van der Waals surface area contributed by atoms with Crippen LogP contribution in [0.15, 0.2) is 47.4 Å². The number of hydrogen-bond acceptors (Lipinski definition) is 5. The number of rotatable bonds is 6. The van der Waals surface area contributed by atoms with E-state index in [1.54, 1.807) is 12.1 Å². The van der Waals surface area contributed by atoms with Gasteiger partial charge in [0.15, 0.2) is 9.84 Å². The fraction of sp³-hybridized carbons (Fsp3) is 0.188. The van der Waals surface area contributed by atoms with Crippen molar-refractivity contribution in [2.24, 2.45) is 0 Å². The van der Waals surface area contributed by atoms with Gasteiger partial charge in [0.2, 0.25) is 5.91 Å². The van der Waals surface area contributed by atoms with Gasteiger partial charge in [-0.15, -0.1) is 0 Å². The van der Waals surface area contributed by atoms with Gasteiger partial charge in [-0.3, -0.25) is 14.9 Å². The topological polar surface area (TPSA) is 106 Å². The highest BCUT2D eigenvalue weighted by Gasteiger charge is 2.18. The van der Waals surface area contributed by atoms with E-state index in [2.05, 4.69) is 5.32 Å². The Labute approximate surface area is 149 Å². The van der Waals surface area contributed by atoms with Crippen molar-refractivity contribution in [2.75, 3.05) is 11.1 Å². The number of nitrogens with zero attached hydrogens (tertiary/aromatic N) is 1. The molecule has 9 heteroatoms. The van der Waals surface area contributed by atoms with E-state index in [4.69, 9.17) is 11.6 Å². The number of benzene rings is 2. The van der Waals surface area contributed by atoms with Gasteiger partial charge in [-0.1, -0.05) is 29.3 Å². The van der Waals surface area contributed by atoms with E-state index in [1.165, 1.54) is 24.3 Å². The number of nitro groups is 1. The Morgan fingerprint density at radius 2 is 1.84 bits per heavy atom. The molecule has 0 saturated carbocycles. The largest absolute Gasteiger partial charge is 0.326 e. The average Bonchev–Trinajstić information content (AvgIpc) is 2.55. The van der Waals surface area contributed by atoms with Crippen molar-refractivity contribution in [2.45, 2.75) is 18.2 Å². The molecule has 0 fully saturated rings. The van der Waals surface area contributed by atoms with Crippen LogP contribution >= 0.6 is 11.6 Å². The fourth-order valence-corrected chi connectivity index (χ4v) is 3.47. The molecule has 2 aromatic carbocycles. The van der Waals surface area contributed by atoms with Crippen LogP contribution in [-0.2, 0) is 14.6 Å². The highest BCUT2D eigenvalue weighted by Crippen LogP contribution is 2.27. The second kappa shape index (κ2) is 7.62. The molecule has 0 saturated heterocycles. The van der Waals surface area contributed by atoms with E-state index in [1.807, 2.05) is 6.92 Å². The second-order valence-corrected chi connectivity index (χ2v) is 7.87. The Morgan fingerprint density at radius 1 is 1.20 bits per heavy atom. The summed E-state index contributed by atoms with van der Waals surface area (Å²) in [5.74, 6) is -0.926. The van der Waals surface area contributed by atoms with Crippen molar-refractivity contribution in [3.05, 3.63) is 63.2 Å². The monoisotopic (exact) mass is 382 g/mol. The normalized spacial score (nSPS) is 11.1. The number of nitro benzene ring substituents is 1. The Hall–Kier alpha value is -2.45. The number of sulfone groups is 1. The first-order valence-corrected chi connectivity index (χ1v) is 9.25. The van der Waals surface area contributed by atoms with Gasteiger partial charge in [0.25, 0.3) is 5.69 Å². The van der Waals surface area contributed by atoms with Crippen LogP contribution in [0.25, 0.3) is 0 Å². The third-order valence-corrected chi connectivity index (χ3v) is 5.46. The number of carbonyl (C=O) groups excluding carboxylic acids is 1. The van der Waals surface area contributed by atoms with E-state index in [0.29, 0.717) is 0 Å². The molecule has 2 rings (SSSR count). The molecule has 25 heavy (non-hydrogen) atoms. The van der Waals surface area contributed by atoms with Gasteiger partial charge in [0.05, 0.1) is 15.6 Å². The summed E-state index contributed by atoms with van der Waals surface area (Å²) >= 11 is 5.69. The van der Waals surface area contributed by atoms with E-state index in [0.717, 1.165) is 11.6 Å². The molecule has 0 spiro atoms. The second-order valence-electron chi connectivity index (χ2n) is 5.35. The zero-order valence-corrected chi connectivity index (χ0v) is 14.8. The number of carbonyl (C=O) groups is 1. The SMILES string of the molecule is Cc1ccc(S(=O)(=O)CCC(=O)Nc2ccc(Cl)c([N+](=O)[O-])c2)cc1. The summed E-state index contributed by atoms with van der Waals surface area (Å²) in [6, 6.07) is 10.2. The number of halogens is 1. The van der Waals surface area contributed by atoms with Crippen LogP contribution in [0.4, 0.5) is 11.4 Å². The summed E-state index contributed by atoms with van der Waals surface area (Å²) in [5, 5.41) is 13.2. The maximum absolute atomic E-state index is 12.2. The smallest absolute Gasteiger partial charge is 0.289 e. The molecule has 1 amide bonds. The Kier molecular flexibility index (Phi) is 5.76. The van der Waals surface area contributed by atoms with Gasteiger partial charge in [-0.25, -0.2) is 8.42 Å². The van der Waals surface area contributed by atoms with Crippen molar-refractivity contribution in [1.29, 1.82) is 0 Å². The quantitative estimate of drug-likeness (QED) is 0.609. The van der Waals surface area contributed by atoms with E-state index in [9.17, 15) is 23.3 Å². The van der Waals surface area contributed by atoms with E-state index >= 15 is 0 Å². The lowest BCUT2D eigenvalue weighted by molar-refractivity contribution is -0.384. The van der Waals surface area contributed by atoms with Crippen LogP contribution in [0, 0.1) is 17.0 Å². The third kappa shape index (κ3) is 5.01. The van der Waals surface area contributed by atoms with Crippen LogP contribution in [0.1, 0.15) is 12.0 Å². The highest BCUT2D eigenvalue weighted by molar-refractivity contribution is 7.91. The number of nitrogens with one attached hydrogen (secondary N) is 1. The number of hydrogen-bond donors (Lipinski definition) is 1. The van der Waals surface area contributed by atoms with Gasteiger partial charge >= 0.3 is 0 Å². The molecular formula is C16H15ClN2O5S. The van der Waals surface area contributed by atoms with Crippen molar-refractivity contribution >= 4 is 38.7 Å². The summed E-state index contributed by atoms with van der Waals surface area (Å²) < 4.78 is 24.4. The van der Waals surface area contributed by atoms with Crippen molar-refractivity contribution < 1.29 is 18.1 Å². The van der Waals surface area contributed by atoms with Gasteiger partial charge in [-0.2, -0.15) is 0 Å². The lowest BCUT2D eigenvalue weighted by Crippen LogP contribution is -2.17. The molecule has 2 aromatic rings. The van der Waals surface area contributed by atoms with Crippen LogP contribution in [0.2, 0.25) is 5.02 Å². The molecule has 1 N–H and O–H groups in total. The zero-order valence-electron chi connectivity index (χ0n) is 13.2. The van der Waals surface area contributed by atoms with E-state index in [-0.39, 0.29) is 33.5 Å². The molecule has 0 heterocycles. The maximum atomic E-state index is 12.2. The summed E-state index contributed by atoms with van der Waals surface area (Å²) in [6.45, 7) is 1.84. The summed E-state index contributed by atoms with van der Waals surface area (Å²) in [4.78, 5) is 22.2. The minimum atomic E-state index is -3.58. The number of aryl methyl sites for hydroxylation is 1. The van der Waals surface area contributed by atoms with Gasteiger partial charge in [0, 0.05) is 18.2 Å². The minimum absolute atomic E-state index is 0.0510. The number of amides is 1. The zero-order chi connectivity index (χ0) is 18.6. The summed E-state index contributed by atoms with van der Waals surface area (Å²) in [5.41, 5.74) is 0.765. The first-order valence-electron chi connectivity index (χ1n) is 7.22. The predicted molar refractivity (Wildman–Crippen MR) is 94.6 cm³/mol. The van der Waals surface area contributed by atoms with Gasteiger partial charge in [0.1, 0.15) is 5.02 Å². The summed E-state index contributed by atoms with van der Waals surface area (Å²) in [6.07, 6.45) is -0.271. The fourth-order valence-electron chi connectivity index (χ4n) is 2.04. The minimum Gasteiger partial charge on any atom is -0.326 e. The molecule has 0 aromatic heterocycles. The molecular weight excluding hydrogens is 368 g/mol. The standard InChI is InChI=1S/C16H15ClN2O5S/c1-11-2-5-13(6-3-11)25(23,24)9-8-16(20)18-12-4-7-14(17)15(10-12)19(21)22/h2-7,10H,8-9H2,1H3,(H,18,20). The van der Waals surface area contributed by atoms with Crippen LogP contribution in [0.5, 0.6) is 0 Å². The van der Waals surface area contributed by atoms with Crippen molar-refractivity contribution in [3.8, 4) is 0 Å². The lowest BCUT2D eigenvalue weighted by atomic mass is 10.2. The molecule has 0 bridgehead atoms. The molecule has 7 nitrogen and oxygen atoms in total. The van der Waals surface area contributed by atoms with Gasteiger partial charge < -0.3 is 5.32 Å². The molecule has 0 unspecified atom stereocenters. The Morgan fingerprint density at radius 3 is 2.44 bits per heavy atom. The molecule has 0 radical (unpaired) electrons. The van der Waals surface area contributed by atoms with Crippen LogP contribution in [0.3, 0.4) is 0 Å². The van der Waals surface area contributed by atoms with Gasteiger partial charge in [-0.05, 0) is 31.2 Å². The van der Waals surface area contributed by atoms with E-state index < -0.39 is 20.7 Å². The first kappa shape index (κ1) is 18.9.